The van der Waals surface area contributed by atoms with Crippen molar-refractivity contribution in [2.24, 2.45) is 0 Å². The molecule has 0 aliphatic heterocycles. The molecule has 0 nitrogen and oxygen atoms in total. The van der Waals surface area contributed by atoms with Crippen LogP contribution in [0.1, 0.15) is 57.1 Å². The monoisotopic (exact) mass is 202 g/mol. The predicted octanol–water partition coefficient (Wildman–Crippen LogP) is 4.47. The summed E-state index contributed by atoms with van der Waals surface area (Å²) in [4.78, 5) is 0. The van der Waals surface area contributed by atoms with Gasteiger partial charge in [0.2, 0.25) is 0 Å². The van der Waals surface area contributed by atoms with Gasteiger partial charge in [0.25, 0.3) is 0 Å². The Kier molecular flexibility index (Phi) is 3.14. The molecule has 82 valence electrons. The van der Waals surface area contributed by atoms with E-state index >= 15 is 0 Å². The molecule has 1 aliphatic carbocycles. The lowest BCUT2D eigenvalue weighted by Crippen LogP contribution is -2.30. The van der Waals surface area contributed by atoms with E-state index in [0.29, 0.717) is 5.41 Å². The maximum Gasteiger partial charge on any atom is -0.00468 e. The van der Waals surface area contributed by atoms with Gasteiger partial charge >= 0.3 is 0 Å². The van der Waals surface area contributed by atoms with E-state index < -0.39 is 0 Å². The van der Waals surface area contributed by atoms with Crippen LogP contribution in [0.15, 0.2) is 24.3 Å². The lowest BCUT2D eigenvalue weighted by molar-refractivity contribution is 0.319. The minimum atomic E-state index is 0.504. The van der Waals surface area contributed by atoms with Crippen molar-refractivity contribution in [1.29, 1.82) is 0 Å². The fourth-order valence-electron chi connectivity index (χ4n) is 3.29. The third kappa shape index (κ3) is 1.82. The summed E-state index contributed by atoms with van der Waals surface area (Å²) in [6.45, 7) is 4.67. The first-order valence-electron chi connectivity index (χ1n) is 6.41. The van der Waals surface area contributed by atoms with Crippen LogP contribution in [0, 0.1) is 0 Å². The Bertz CT molecular complexity index is 327. The highest BCUT2D eigenvalue weighted by atomic mass is 14.4. The predicted molar refractivity (Wildman–Crippen MR) is 66.3 cm³/mol. The van der Waals surface area contributed by atoms with Crippen molar-refractivity contribution < 1.29 is 0 Å². The lowest BCUT2D eigenvalue weighted by atomic mass is 9.66. The second-order valence-electron chi connectivity index (χ2n) is 4.89. The second kappa shape index (κ2) is 4.38. The molecule has 2 rings (SSSR count). The fraction of sp³-hybridized carbons (Fsp3) is 0.600. The summed E-state index contributed by atoms with van der Waals surface area (Å²) >= 11 is 0. The Morgan fingerprint density at radius 2 is 2.00 bits per heavy atom. The topological polar surface area (TPSA) is 0 Å². The minimum absolute atomic E-state index is 0.504. The van der Waals surface area contributed by atoms with Crippen LogP contribution in [-0.2, 0) is 11.8 Å². The van der Waals surface area contributed by atoms with Crippen molar-refractivity contribution in [2.45, 2.75) is 57.8 Å². The molecule has 1 aromatic rings. The third-order valence-electron chi connectivity index (χ3n) is 4.10. The van der Waals surface area contributed by atoms with E-state index in [4.69, 9.17) is 0 Å². The van der Waals surface area contributed by atoms with Gasteiger partial charge in [-0.15, -0.1) is 0 Å². The van der Waals surface area contributed by atoms with E-state index in [-0.39, 0.29) is 0 Å². The average molecular weight is 202 g/mol. The Balaban J connectivity index is 2.42. The van der Waals surface area contributed by atoms with Crippen molar-refractivity contribution in [1.82, 2.24) is 0 Å². The highest BCUT2D eigenvalue weighted by Crippen LogP contribution is 2.43. The highest BCUT2D eigenvalue weighted by Gasteiger charge is 2.33. The highest BCUT2D eigenvalue weighted by molar-refractivity contribution is 5.36. The van der Waals surface area contributed by atoms with E-state index in [1.165, 1.54) is 38.5 Å². The second-order valence-corrected chi connectivity index (χ2v) is 4.89. The Morgan fingerprint density at radius 3 is 2.73 bits per heavy atom. The Hall–Kier alpha value is -0.780. The molecule has 0 saturated carbocycles. The van der Waals surface area contributed by atoms with E-state index in [1.54, 1.807) is 11.1 Å². The normalized spacial score (nSPS) is 24.9. The number of hydrogen-bond donors (Lipinski definition) is 0. The van der Waals surface area contributed by atoms with Gasteiger partial charge in [0, 0.05) is 0 Å². The SMILES string of the molecule is CCCC1(CC)CCCc2ccccc21. The number of rotatable bonds is 3. The summed E-state index contributed by atoms with van der Waals surface area (Å²) in [5, 5.41) is 0. The van der Waals surface area contributed by atoms with Crippen LogP contribution >= 0.6 is 0 Å². The lowest BCUT2D eigenvalue weighted by Gasteiger charge is -2.38. The quantitative estimate of drug-likeness (QED) is 0.678. The number of benzene rings is 1. The molecule has 0 amide bonds. The van der Waals surface area contributed by atoms with Crippen LogP contribution in [0.25, 0.3) is 0 Å². The molecular formula is C15H22. The van der Waals surface area contributed by atoms with Crippen LogP contribution in [-0.4, -0.2) is 0 Å². The zero-order valence-electron chi connectivity index (χ0n) is 10.1. The number of fused-ring (bicyclic) bond motifs is 1. The molecule has 0 bridgehead atoms. The smallest absolute Gasteiger partial charge is 0.00468 e. The minimum Gasteiger partial charge on any atom is -0.0654 e. The van der Waals surface area contributed by atoms with E-state index in [1.807, 2.05) is 0 Å². The van der Waals surface area contributed by atoms with Crippen LogP contribution in [0.2, 0.25) is 0 Å². The molecule has 0 fully saturated rings. The maximum atomic E-state index is 2.37. The van der Waals surface area contributed by atoms with Gasteiger partial charge in [-0.3, -0.25) is 0 Å². The van der Waals surface area contributed by atoms with Gasteiger partial charge in [-0.05, 0) is 48.6 Å². The standard InChI is InChI=1S/C15H22/c1-3-11-15(4-2)12-7-9-13-8-5-6-10-14(13)15/h5-6,8,10H,3-4,7,9,11-12H2,1-2H3. The summed E-state index contributed by atoms with van der Waals surface area (Å²) in [6, 6.07) is 9.10. The zero-order chi connectivity index (χ0) is 10.7. The zero-order valence-corrected chi connectivity index (χ0v) is 10.1. The molecule has 1 unspecified atom stereocenters. The molecule has 1 aromatic carbocycles. The van der Waals surface area contributed by atoms with E-state index in [9.17, 15) is 0 Å². The number of hydrogen-bond acceptors (Lipinski definition) is 0. The largest absolute Gasteiger partial charge is 0.0654 e. The molecule has 15 heavy (non-hydrogen) atoms. The van der Waals surface area contributed by atoms with Gasteiger partial charge in [-0.25, -0.2) is 0 Å². The first kappa shape index (κ1) is 10.7. The summed E-state index contributed by atoms with van der Waals surface area (Å²) in [5.74, 6) is 0. The number of aryl methyl sites for hydroxylation is 1. The van der Waals surface area contributed by atoms with E-state index in [0.717, 1.165) is 0 Å². The molecule has 1 aliphatic rings. The first-order chi connectivity index (χ1) is 7.32. The van der Waals surface area contributed by atoms with Crippen LogP contribution < -0.4 is 0 Å². The first-order valence-corrected chi connectivity index (χ1v) is 6.41. The molecule has 0 aromatic heterocycles. The van der Waals surface area contributed by atoms with Crippen molar-refractivity contribution in [3.05, 3.63) is 35.4 Å². The maximum absolute atomic E-state index is 2.37. The van der Waals surface area contributed by atoms with Gasteiger partial charge < -0.3 is 0 Å². The third-order valence-corrected chi connectivity index (χ3v) is 4.10. The van der Waals surface area contributed by atoms with Gasteiger partial charge in [0.1, 0.15) is 0 Å². The van der Waals surface area contributed by atoms with Gasteiger partial charge in [0.15, 0.2) is 0 Å². The van der Waals surface area contributed by atoms with Crippen molar-refractivity contribution in [2.75, 3.05) is 0 Å². The van der Waals surface area contributed by atoms with Crippen LogP contribution in [0.5, 0.6) is 0 Å². The van der Waals surface area contributed by atoms with Crippen LogP contribution in [0.4, 0.5) is 0 Å². The van der Waals surface area contributed by atoms with Crippen molar-refractivity contribution in [3.63, 3.8) is 0 Å². The van der Waals surface area contributed by atoms with Gasteiger partial charge in [-0.1, -0.05) is 44.5 Å². The summed E-state index contributed by atoms with van der Waals surface area (Å²) in [7, 11) is 0. The average Bonchev–Trinajstić information content (AvgIpc) is 2.30. The van der Waals surface area contributed by atoms with Crippen molar-refractivity contribution in [3.8, 4) is 0 Å². The fourth-order valence-corrected chi connectivity index (χ4v) is 3.29. The molecule has 0 spiro atoms. The van der Waals surface area contributed by atoms with Crippen LogP contribution in [0.3, 0.4) is 0 Å². The summed E-state index contributed by atoms with van der Waals surface area (Å²) < 4.78 is 0. The van der Waals surface area contributed by atoms with Gasteiger partial charge in [-0.2, -0.15) is 0 Å². The molecule has 0 radical (unpaired) electrons. The summed E-state index contributed by atoms with van der Waals surface area (Å²) in [5.41, 5.74) is 3.77. The molecule has 1 atom stereocenters. The molecule has 0 heteroatoms. The van der Waals surface area contributed by atoms with Crippen molar-refractivity contribution >= 4 is 0 Å². The Labute approximate surface area is 93.7 Å². The van der Waals surface area contributed by atoms with E-state index in [2.05, 4.69) is 38.1 Å². The molecular weight excluding hydrogens is 180 g/mol. The summed E-state index contributed by atoms with van der Waals surface area (Å²) in [6.07, 6.45) is 8.04. The van der Waals surface area contributed by atoms with Gasteiger partial charge in [0.05, 0.1) is 0 Å². The molecule has 0 N–H and O–H groups in total. The molecule has 0 heterocycles. The molecule has 0 saturated heterocycles. The Morgan fingerprint density at radius 1 is 1.20 bits per heavy atom.